The van der Waals surface area contributed by atoms with E-state index in [0.29, 0.717) is 23.4 Å². The molecule has 0 spiro atoms. The number of benzene rings is 1. The summed E-state index contributed by atoms with van der Waals surface area (Å²) in [6.45, 7) is 1.90. The molecule has 1 amide bonds. The van der Waals surface area contributed by atoms with Gasteiger partial charge in [-0.25, -0.2) is 0 Å². The molecule has 0 aliphatic carbocycles. The second-order valence-corrected chi connectivity index (χ2v) is 5.20. The number of carboxylic acid groups (broad SMARTS) is 1. The number of rotatable bonds is 7. The Balaban J connectivity index is 2.31. The largest absolute Gasteiger partial charge is 0.481 e. The van der Waals surface area contributed by atoms with Gasteiger partial charge in [0.25, 0.3) is 5.91 Å². The Morgan fingerprint density at radius 2 is 2.09 bits per heavy atom. The summed E-state index contributed by atoms with van der Waals surface area (Å²) in [5, 5.41) is 8.66. The molecule has 1 N–H and O–H groups in total. The van der Waals surface area contributed by atoms with Crippen LogP contribution in [0.3, 0.4) is 0 Å². The molecule has 1 aliphatic heterocycles. The van der Waals surface area contributed by atoms with Crippen LogP contribution in [-0.4, -0.2) is 42.7 Å². The van der Waals surface area contributed by atoms with E-state index >= 15 is 0 Å². The highest BCUT2D eigenvalue weighted by Gasteiger charge is 2.33. The summed E-state index contributed by atoms with van der Waals surface area (Å²) >= 11 is 0. The van der Waals surface area contributed by atoms with Crippen molar-refractivity contribution in [2.75, 3.05) is 18.7 Å². The van der Waals surface area contributed by atoms with E-state index in [1.165, 1.54) is 12.0 Å². The quantitative estimate of drug-likeness (QED) is 0.770. The van der Waals surface area contributed by atoms with Crippen molar-refractivity contribution in [2.45, 2.75) is 32.3 Å². The van der Waals surface area contributed by atoms with E-state index in [9.17, 15) is 14.4 Å². The van der Waals surface area contributed by atoms with Gasteiger partial charge in [0.2, 0.25) is 0 Å². The maximum Gasteiger partial charge on any atom is 0.303 e. The molecular weight excluding hydrogens is 302 g/mol. The van der Waals surface area contributed by atoms with E-state index in [1.54, 1.807) is 18.2 Å². The van der Waals surface area contributed by atoms with Crippen molar-refractivity contribution >= 4 is 23.3 Å². The molecule has 1 heterocycles. The van der Waals surface area contributed by atoms with Gasteiger partial charge < -0.3 is 14.6 Å². The lowest BCUT2D eigenvalue weighted by Crippen LogP contribution is -2.46. The van der Waals surface area contributed by atoms with E-state index in [4.69, 9.17) is 14.6 Å². The summed E-state index contributed by atoms with van der Waals surface area (Å²) in [6, 6.07) is 4.75. The van der Waals surface area contributed by atoms with Crippen LogP contribution in [0.4, 0.5) is 5.69 Å². The van der Waals surface area contributed by atoms with Gasteiger partial charge in [-0.3, -0.25) is 19.3 Å². The minimum Gasteiger partial charge on any atom is -0.481 e. The number of carbonyl (C=O) groups is 3. The Labute approximate surface area is 133 Å². The number of nitrogens with zero attached hydrogens (tertiary/aromatic N) is 1. The van der Waals surface area contributed by atoms with Gasteiger partial charge in [0.05, 0.1) is 12.1 Å². The van der Waals surface area contributed by atoms with Crippen molar-refractivity contribution in [3.8, 4) is 5.75 Å². The molecule has 0 saturated heterocycles. The van der Waals surface area contributed by atoms with Crippen LogP contribution in [0.1, 0.15) is 36.5 Å². The lowest BCUT2D eigenvalue weighted by Gasteiger charge is -2.33. The fourth-order valence-electron chi connectivity index (χ4n) is 2.38. The number of anilines is 1. The lowest BCUT2D eigenvalue weighted by atomic mass is 10.0. The Morgan fingerprint density at radius 3 is 2.70 bits per heavy atom. The SMILES string of the molecule is CCC1Oc2ccc(C(=O)CCC(=O)O)cc2N(COC)C1=O. The third kappa shape index (κ3) is 3.68. The number of amides is 1. The maximum absolute atomic E-state index is 12.4. The summed E-state index contributed by atoms with van der Waals surface area (Å²) in [5.74, 6) is -1.04. The first kappa shape index (κ1) is 17.0. The molecule has 124 valence electrons. The van der Waals surface area contributed by atoms with Gasteiger partial charge in [0.15, 0.2) is 11.9 Å². The highest BCUT2D eigenvalue weighted by molar-refractivity contribution is 6.03. The molecular formula is C16H19NO6. The Hall–Kier alpha value is -2.41. The van der Waals surface area contributed by atoms with Gasteiger partial charge in [0.1, 0.15) is 12.5 Å². The number of ether oxygens (including phenoxy) is 2. The summed E-state index contributed by atoms with van der Waals surface area (Å²) in [4.78, 5) is 36.4. The first-order chi connectivity index (χ1) is 11.0. The van der Waals surface area contributed by atoms with Crippen molar-refractivity contribution in [1.29, 1.82) is 0 Å². The molecule has 0 aromatic heterocycles. The van der Waals surface area contributed by atoms with Crippen molar-refractivity contribution in [1.82, 2.24) is 0 Å². The van der Waals surface area contributed by atoms with Crippen LogP contribution in [0.15, 0.2) is 18.2 Å². The normalized spacial score (nSPS) is 16.7. The summed E-state index contributed by atoms with van der Waals surface area (Å²) in [5.41, 5.74) is 0.806. The second-order valence-electron chi connectivity index (χ2n) is 5.20. The van der Waals surface area contributed by atoms with Gasteiger partial charge in [0, 0.05) is 19.1 Å². The lowest BCUT2D eigenvalue weighted by molar-refractivity contribution is -0.137. The Bertz CT molecular complexity index is 627. The number of methoxy groups -OCH3 is 1. The average molecular weight is 321 g/mol. The number of carboxylic acids is 1. The molecule has 1 atom stereocenters. The zero-order chi connectivity index (χ0) is 17.0. The van der Waals surface area contributed by atoms with Crippen molar-refractivity contribution in [3.05, 3.63) is 23.8 Å². The summed E-state index contributed by atoms with van der Waals surface area (Å²) in [7, 11) is 1.48. The topological polar surface area (TPSA) is 93.1 Å². The predicted molar refractivity (Wildman–Crippen MR) is 81.7 cm³/mol. The van der Waals surface area contributed by atoms with Crippen molar-refractivity contribution in [3.63, 3.8) is 0 Å². The Kier molecular flexibility index (Phi) is 5.33. The average Bonchev–Trinajstić information content (AvgIpc) is 2.54. The molecule has 1 unspecified atom stereocenters. The molecule has 1 aliphatic rings. The molecule has 2 rings (SSSR count). The fourth-order valence-corrected chi connectivity index (χ4v) is 2.38. The molecule has 7 heteroatoms. The second kappa shape index (κ2) is 7.23. The van der Waals surface area contributed by atoms with E-state index in [1.807, 2.05) is 6.92 Å². The van der Waals surface area contributed by atoms with Crippen LogP contribution in [0, 0.1) is 0 Å². The van der Waals surface area contributed by atoms with Crippen LogP contribution < -0.4 is 9.64 Å². The fraction of sp³-hybridized carbons (Fsp3) is 0.438. The highest BCUT2D eigenvalue weighted by atomic mass is 16.5. The van der Waals surface area contributed by atoms with Gasteiger partial charge in [-0.2, -0.15) is 0 Å². The van der Waals surface area contributed by atoms with E-state index in [0.717, 1.165) is 0 Å². The number of fused-ring (bicyclic) bond motifs is 1. The number of ketones is 1. The Morgan fingerprint density at radius 1 is 1.35 bits per heavy atom. The molecule has 1 aromatic carbocycles. The van der Waals surface area contributed by atoms with Gasteiger partial charge in [-0.15, -0.1) is 0 Å². The molecule has 1 aromatic rings. The van der Waals surface area contributed by atoms with Crippen molar-refractivity contribution < 1.29 is 29.0 Å². The van der Waals surface area contributed by atoms with E-state index < -0.39 is 12.1 Å². The molecule has 23 heavy (non-hydrogen) atoms. The molecule has 0 saturated carbocycles. The van der Waals surface area contributed by atoms with Gasteiger partial charge in [-0.05, 0) is 24.6 Å². The first-order valence-corrected chi connectivity index (χ1v) is 7.34. The smallest absolute Gasteiger partial charge is 0.303 e. The number of aliphatic carboxylic acids is 1. The van der Waals surface area contributed by atoms with Crippen LogP contribution >= 0.6 is 0 Å². The van der Waals surface area contributed by atoms with E-state index in [2.05, 4.69) is 0 Å². The number of carbonyl (C=O) groups excluding carboxylic acids is 2. The van der Waals surface area contributed by atoms with Gasteiger partial charge in [-0.1, -0.05) is 6.92 Å². The standard InChI is InChI=1S/C16H19NO6/c1-3-13-16(21)17(9-22-2)11-8-10(4-6-14(11)23-13)12(18)5-7-15(19)20/h4,6,8,13H,3,5,7,9H2,1-2H3,(H,19,20). The maximum atomic E-state index is 12.4. The predicted octanol–water partition coefficient (Wildman–Crippen LogP) is 1.84. The number of hydrogen-bond donors (Lipinski definition) is 1. The van der Waals surface area contributed by atoms with Crippen molar-refractivity contribution in [2.24, 2.45) is 0 Å². The molecule has 0 bridgehead atoms. The van der Waals surface area contributed by atoms with Gasteiger partial charge >= 0.3 is 5.97 Å². The highest BCUT2D eigenvalue weighted by Crippen LogP contribution is 2.35. The van der Waals surface area contributed by atoms with Crippen LogP contribution in [0.2, 0.25) is 0 Å². The zero-order valence-corrected chi connectivity index (χ0v) is 13.1. The van der Waals surface area contributed by atoms with E-state index in [-0.39, 0.29) is 31.3 Å². The summed E-state index contributed by atoms with van der Waals surface area (Å²) < 4.78 is 10.7. The van der Waals surface area contributed by atoms with Crippen LogP contribution in [0.5, 0.6) is 5.75 Å². The zero-order valence-electron chi connectivity index (χ0n) is 13.1. The minimum atomic E-state index is -1.03. The molecule has 0 fully saturated rings. The third-order valence-electron chi connectivity index (χ3n) is 3.58. The molecule has 0 radical (unpaired) electrons. The first-order valence-electron chi connectivity index (χ1n) is 7.34. The van der Waals surface area contributed by atoms with Crippen LogP contribution in [-0.2, 0) is 14.3 Å². The third-order valence-corrected chi connectivity index (χ3v) is 3.58. The number of Topliss-reactive ketones (excluding diaryl/α,β-unsaturated/α-hetero) is 1. The molecule has 7 nitrogen and oxygen atoms in total. The number of hydrogen-bond acceptors (Lipinski definition) is 5. The minimum absolute atomic E-state index is 0.0540. The van der Waals surface area contributed by atoms with Crippen LogP contribution in [0.25, 0.3) is 0 Å². The summed E-state index contributed by atoms with van der Waals surface area (Å²) in [6.07, 6.45) is -0.376. The monoisotopic (exact) mass is 321 g/mol.